The van der Waals surface area contributed by atoms with Crippen LogP contribution in [0.15, 0.2) is 36.5 Å². The van der Waals surface area contributed by atoms with Crippen LogP contribution >= 0.6 is 7.14 Å². The van der Waals surface area contributed by atoms with E-state index in [0.29, 0.717) is 40.4 Å². The number of ketones is 1. The third-order valence-corrected chi connectivity index (χ3v) is 6.05. The third kappa shape index (κ3) is 4.24. The lowest BCUT2D eigenvalue weighted by atomic mass is 10.1. The number of nitrogens with zero attached hydrogens (tertiary/aromatic N) is 3. The summed E-state index contributed by atoms with van der Waals surface area (Å²) in [4.78, 5) is 16.4. The Bertz CT molecular complexity index is 1150. The Morgan fingerprint density at radius 2 is 2.00 bits per heavy atom. The molecule has 0 unspecified atom stereocenters. The number of anilines is 3. The Morgan fingerprint density at radius 1 is 1.27 bits per heavy atom. The summed E-state index contributed by atoms with van der Waals surface area (Å²) in [7, 11) is 0.867. The molecule has 8 nitrogen and oxygen atoms in total. The third-order valence-electron chi connectivity index (χ3n) is 4.73. The van der Waals surface area contributed by atoms with Gasteiger partial charge in [0.25, 0.3) is 0 Å². The number of para-hydroxylation sites is 1. The van der Waals surface area contributed by atoms with E-state index in [1.54, 1.807) is 45.2 Å². The lowest BCUT2D eigenvalue weighted by Gasteiger charge is -2.17. The zero-order valence-electron chi connectivity index (χ0n) is 17.8. The highest BCUT2D eigenvalue weighted by Crippen LogP contribution is 2.40. The van der Waals surface area contributed by atoms with Crippen LogP contribution in [0, 0.1) is 0 Å². The zero-order valence-corrected chi connectivity index (χ0v) is 18.7. The number of nitrogens with two attached hydrogens (primary N) is 1. The largest absolute Gasteiger partial charge is 0.494 e. The molecule has 0 aliphatic carbocycles. The first-order chi connectivity index (χ1) is 14.2. The van der Waals surface area contributed by atoms with Crippen LogP contribution in [0.25, 0.3) is 11.3 Å². The molecule has 0 radical (unpaired) electrons. The van der Waals surface area contributed by atoms with Crippen LogP contribution in [0.5, 0.6) is 5.75 Å². The highest BCUT2D eigenvalue weighted by atomic mass is 31.2. The number of carbonyl (C=O) groups is 1. The highest BCUT2D eigenvalue weighted by Gasteiger charge is 2.21. The van der Waals surface area contributed by atoms with Gasteiger partial charge in [-0.15, -0.1) is 0 Å². The maximum Gasteiger partial charge on any atom is 0.166 e. The summed E-state index contributed by atoms with van der Waals surface area (Å²) < 4.78 is 19.9. The molecular formula is C21H26N5O3P. The molecule has 9 heteroatoms. The van der Waals surface area contributed by atoms with Crippen molar-refractivity contribution in [3.8, 4) is 17.0 Å². The van der Waals surface area contributed by atoms with Crippen LogP contribution in [0.2, 0.25) is 0 Å². The second-order valence-electron chi connectivity index (χ2n) is 7.31. The molecule has 0 fully saturated rings. The summed E-state index contributed by atoms with van der Waals surface area (Å²) >= 11 is 0. The molecule has 0 bridgehead atoms. The molecule has 0 amide bonds. The first kappa shape index (κ1) is 21.6. The number of Topliss-reactive ketones (excluding diaryl/α,β-unsaturated/α-hetero) is 1. The van der Waals surface area contributed by atoms with E-state index in [0.717, 1.165) is 11.3 Å². The summed E-state index contributed by atoms with van der Waals surface area (Å²) in [6.07, 6.45) is 1.83. The van der Waals surface area contributed by atoms with Gasteiger partial charge >= 0.3 is 0 Å². The number of aryl methyl sites for hydroxylation is 1. The van der Waals surface area contributed by atoms with Crippen LogP contribution in [-0.2, 0) is 11.6 Å². The molecule has 3 rings (SSSR count). The first-order valence-electron chi connectivity index (χ1n) is 9.48. The second-order valence-corrected chi connectivity index (χ2v) is 10.5. The average Bonchev–Trinajstić information content (AvgIpc) is 3.09. The molecule has 158 valence electrons. The quantitative estimate of drug-likeness (QED) is 0.437. The lowest BCUT2D eigenvalue weighted by molar-refractivity contribution is 0.0988. The first-order valence-corrected chi connectivity index (χ1v) is 12.1. The minimum atomic E-state index is -2.51. The number of hydrogen-bond donors (Lipinski definition) is 2. The Balaban J connectivity index is 2.11. The van der Waals surface area contributed by atoms with Crippen LogP contribution in [0.1, 0.15) is 23.7 Å². The van der Waals surface area contributed by atoms with Gasteiger partial charge in [0.1, 0.15) is 18.4 Å². The highest BCUT2D eigenvalue weighted by molar-refractivity contribution is 7.69. The van der Waals surface area contributed by atoms with Crippen LogP contribution in [-0.4, -0.2) is 41.0 Å². The number of nitrogen functional groups attached to an aromatic ring is 1. The Kier molecular flexibility index (Phi) is 5.99. The summed E-state index contributed by atoms with van der Waals surface area (Å²) in [5.41, 5.74) is 9.62. The topological polar surface area (TPSA) is 112 Å². The summed E-state index contributed by atoms with van der Waals surface area (Å²) in [6.45, 7) is 5.17. The van der Waals surface area contributed by atoms with E-state index in [9.17, 15) is 9.36 Å². The number of nitrogens with one attached hydrogen (secondary N) is 1. The number of aromatic nitrogens is 3. The SMILES string of the molecule is CCC(=O)c1cnc(N)cc1Nc1cccc(-c2cc(P(C)(C)=O)nn2C)c1OC. The normalized spacial score (nSPS) is 11.4. The molecule has 3 N–H and O–H groups in total. The number of benzene rings is 1. The van der Waals surface area contributed by atoms with Crippen molar-refractivity contribution in [2.24, 2.45) is 7.05 Å². The molecule has 2 heterocycles. The van der Waals surface area contributed by atoms with Gasteiger partial charge < -0.3 is 20.4 Å². The Morgan fingerprint density at radius 3 is 2.60 bits per heavy atom. The van der Waals surface area contributed by atoms with Gasteiger partial charge in [-0.25, -0.2) is 4.98 Å². The standard InChI is InChI=1S/C21H26N5O3P/c1-6-18(27)14-12-23-19(22)10-16(14)24-15-9-7-8-13(21(15)29-3)17-11-20(25-26(17)2)30(4,5)28/h7-12H,6H2,1-5H3,(H3,22,23,24). The van der Waals surface area contributed by atoms with Crippen molar-refractivity contribution >= 4 is 35.6 Å². The van der Waals surface area contributed by atoms with Crippen LogP contribution in [0.4, 0.5) is 17.2 Å². The smallest absolute Gasteiger partial charge is 0.166 e. The molecule has 30 heavy (non-hydrogen) atoms. The molecule has 2 aromatic heterocycles. The minimum Gasteiger partial charge on any atom is -0.494 e. The van der Waals surface area contributed by atoms with Crippen molar-refractivity contribution in [3.63, 3.8) is 0 Å². The molecule has 0 saturated heterocycles. The van der Waals surface area contributed by atoms with Crippen molar-refractivity contribution < 1.29 is 14.1 Å². The van der Waals surface area contributed by atoms with Crippen molar-refractivity contribution in [2.45, 2.75) is 13.3 Å². The molecule has 0 aliphatic heterocycles. The maximum absolute atomic E-state index is 12.5. The van der Waals surface area contributed by atoms with Crippen molar-refractivity contribution in [1.29, 1.82) is 0 Å². The lowest BCUT2D eigenvalue weighted by Crippen LogP contribution is -2.06. The number of rotatable bonds is 7. The van der Waals surface area contributed by atoms with Gasteiger partial charge in [0.15, 0.2) is 11.5 Å². The van der Waals surface area contributed by atoms with Crippen molar-refractivity contribution in [3.05, 3.63) is 42.1 Å². The van der Waals surface area contributed by atoms with E-state index >= 15 is 0 Å². The van der Waals surface area contributed by atoms with Crippen LogP contribution in [0.3, 0.4) is 0 Å². The molecule has 0 atom stereocenters. The zero-order chi connectivity index (χ0) is 22.1. The molecule has 3 aromatic rings. The van der Waals surface area contributed by atoms with Gasteiger partial charge in [-0.2, -0.15) is 5.10 Å². The minimum absolute atomic E-state index is 0.0435. The average molecular weight is 427 g/mol. The van der Waals surface area contributed by atoms with Gasteiger partial charge in [0, 0.05) is 31.3 Å². The summed E-state index contributed by atoms with van der Waals surface area (Å²) in [5.74, 6) is 0.829. The van der Waals surface area contributed by atoms with Gasteiger partial charge in [-0.3, -0.25) is 9.48 Å². The number of methoxy groups -OCH3 is 1. The van der Waals surface area contributed by atoms with E-state index in [2.05, 4.69) is 15.4 Å². The van der Waals surface area contributed by atoms with Gasteiger partial charge in [0.05, 0.1) is 29.7 Å². The van der Waals surface area contributed by atoms with Gasteiger partial charge in [-0.05, 0) is 31.5 Å². The summed E-state index contributed by atoms with van der Waals surface area (Å²) in [5, 5.41) is 7.68. The van der Waals surface area contributed by atoms with E-state index in [-0.39, 0.29) is 5.78 Å². The number of carbonyl (C=O) groups excluding carboxylic acids is 1. The maximum atomic E-state index is 12.5. The van der Waals surface area contributed by atoms with Gasteiger partial charge in [0.2, 0.25) is 0 Å². The number of ether oxygens (including phenoxy) is 1. The fraction of sp³-hybridized carbons (Fsp3) is 0.286. The Hall–Kier alpha value is -3.12. The summed E-state index contributed by atoms with van der Waals surface area (Å²) in [6, 6.07) is 9.07. The molecule has 0 spiro atoms. The van der Waals surface area contributed by atoms with E-state index in [1.165, 1.54) is 6.20 Å². The molecule has 1 aromatic carbocycles. The molecule has 0 saturated carbocycles. The predicted molar refractivity (Wildman–Crippen MR) is 121 cm³/mol. The molecule has 0 aliphatic rings. The van der Waals surface area contributed by atoms with Crippen molar-refractivity contribution in [2.75, 3.05) is 31.5 Å². The number of pyridine rings is 1. The second kappa shape index (κ2) is 8.32. The fourth-order valence-corrected chi connectivity index (χ4v) is 3.94. The van der Waals surface area contributed by atoms with E-state index in [4.69, 9.17) is 10.5 Å². The predicted octanol–water partition coefficient (Wildman–Crippen LogP) is 3.66. The van der Waals surface area contributed by atoms with E-state index in [1.807, 2.05) is 24.3 Å². The van der Waals surface area contributed by atoms with Crippen LogP contribution < -0.4 is 21.2 Å². The van der Waals surface area contributed by atoms with Crippen molar-refractivity contribution in [1.82, 2.24) is 14.8 Å². The molecular weight excluding hydrogens is 401 g/mol. The monoisotopic (exact) mass is 427 g/mol. The van der Waals surface area contributed by atoms with E-state index < -0.39 is 7.14 Å². The van der Waals surface area contributed by atoms with Gasteiger partial charge in [-0.1, -0.05) is 13.0 Å². The number of hydrogen-bond acceptors (Lipinski definition) is 7. The fourth-order valence-electron chi connectivity index (χ4n) is 3.16. The Labute approximate surface area is 175 Å².